The summed E-state index contributed by atoms with van der Waals surface area (Å²) in [5.41, 5.74) is 3.06. The molecule has 3 heteroatoms. The smallest absolute Gasteiger partial charge is 0.347 e. The van der Waals surface area contributed by atoms with Gasteiger partial charge in [0.2, 0.25) is 0 Å². The first-order valence-electron chi connectivity index (χ1n) is 8.00. The second-order valence-electron chi connectivity index (χ2n) is 7.07. The first kappa shape index (κ1) is 14.8. The molecule has 0 aliphatic rings. The van der Waals surface area contributed by atoms with Crippen LogP contribution in [-0.4, -0.2) is 0 Å². The third kappa shape index (κ3) is 2.33. The van der Waals surface area contributed by atoms with Crippen LogP contribution < -0.4 is 5.63 Å². The molecule has 2 aromatic carbocycles. The summed E-state index contributed by atoms with van der Waals surface area (Å²) in [5, 5.41) is 1.29. The molecular weight excluding hydrogens is 300 g/mol. The molecule has 0 radical (unpaired) electrons. The molecule has 120 valence electrons. The highest BCUT2D eigenvalue weighted by atomic mass is 16.4. The summed E-state index contributed by atoms with van der Waals surface area (Å²) in [6.07, 6.45) is 0. The molecule has 2 aromatic heterocycles. The molecule has 0 atom stereocenters. The highest BCUT2D eigenvalue weighted by Gasteiger charge is 2.16. The Hall–Kier alpha value is -2.81. The Bertz CT molecular complexity index is 1090. The van der Waals surface area contributed by atoms with Crippen molar-refractivity contribution >= 4 is 21.9 Å². The largest absolute Gasteiger partial charge is 0.455 e. The molecule has 0 aliphatic heterocycles. The minimum absolute atomic E-state index is 0.101. The SMILES string of the molecule is CC(C)(C)c1ccc(-c2cc3c(=O)oc4ccccc4c3o2)cc1. The number of para-hydroxylation sites is 1. The maximum atomic E-state index is 12.2. The van der Waals surface area contributed by atoms with Crippen molar-refractivity contribution in [3.63, 3.8) is 0 Å². The Balaban J connectivity index is 1.91. The molecule has 0 saturated carbocycles. The number of benzene rings is 2. The zero-order chi connectivity index (χ0) is 16.9. The van der Waals surface area contributed by atoms with Gasteiger partial charge in [0.15, 0.2) is 5.58 Å². The molecule has 24 heavy (non-hydrogen) atoms. The van der Waals surface area contributed by atoms with Gasteiger partial charge in [-0.15, -0.1) is 0 Å². The van der Waals surface area contributed by atoms with Crippen molar-refractivity contribution in [2.75, 3.05) is 0 Å². The zero-order valence-corrected chi connectivity index (χ0v) is 13.9. The summed E-state index contributed by atoms with van der Waals surface area (Å²) in [6.45, 7) is 6.54. The highest BCUT2D eigenvalue weighted by molar-refractivity contribution is 6.01. The van der Waals surface area contributed by atoms with Gasteiger partial charge < -0.3 is 8.83 Å². The number of hydrogen-bond donors (Lipinski definition) is 0. The number of hydrogen-bond acceptors (Lipinski definition) is 3. The molecule has 0 amide bonds. The minimum atomic E-state index is -0.370. The summed E-state index contributed by atoms with van der Waals surface area (Å²) in [5.74, 6) is 0.675. The van der Waals surface area contributed by atoms with E-state index in [1.807, 2.05) is 30.3 Å². The lowest BCUT2D eigenvalue weighted by molar-refractivity contribution is 0.565. The molecule has 4 aromatic rings. The normalized spacial score (nSPS) is 12.1. The van der Waals surface area contributed by atoms with Gasteiger partial charge in [0, 0.05) is 5.56 Å². The van der Waals surface area contributed by atoms with Crippen LogP contribution >= 0.6 is 0 Å². The van der Waals surface area contributed by atoms with E-state index >= 15 is 0 Å². The molecular formula is C21H18O3. The van der Waals surface area contributed by atoms with Gasteiger partial charge in [-0.3, -0.25) is 0 Å². The van der Waals surface area contributed by atoms with Gasteiger partial charge in [0.05, 0.1) is 5.39 Å². The molecule has 0 N–H and O–H groups in total. The van der Waals surface area contributed by atoms with E-state index < -0.39 is 0 Å². The number of furan rings is 1. The van der Waals surface area contributed by atoms with Crippen LogP contribution in [0.1, 0.15) is 26.3 Å². The van der Waals surface area contributed by atoms with E-state index in [2.05, 4.69) is 32.9 Å². The lowest BCUT2D eigenvalue weighted by atomic mass is 9.86. The fraction of sp³-hybridized carbons (Fsp3) is 0.190. The third-order valence-electron chi connectivity index (χ3n) is 4.32. The highest BCUT2D eigenvalue weighted by Crippen LogP contribution is 2.32. The average Bonchev–Trinajstić information content (AvgIpc) is 3.00. The first-order valence-corrected chi connectivity index (χ1v) is 8.00. The molecule has 4 rings (SSSR count). The first-order chi connectivity index (χ1) is 11.4. The van der Waals surface area contributed by atoms with Crippen LogP contribution in [0.4, 0.5) is 0 Å². The molecule has 2 heterocycles. The van der Waals surface area contributed by atoms with Crippen molar-refractivity contribution in [3.8, 4) is 11.3 Å². The standard InChI is InChI=1S/C21H18O3/c1-21(2,3)14-10-8-13(9-11-14)18-12-16-19(23-18)15-6-4-5-7-17(15)24-20(16)22/h4-12H,1-3H3. The molecule has 0 spiro atoms. The van der Waals surface area contributed by atoms with Crippen molar-refractivity contribution in [2.24, 2.45) is 0 Å². The Morgan fingerprint density at radius 2 is 1.54 bits per heavy atom. The minimum Gasteiger partial charge on any atom is -0.455 e. The summed E-state index contributed by atoms with van der Waals surface area (Å²) in [7, 11) is 0. The predicted molar refractivity (Wildman–Crippen MR) is 96.4 cm³/mol. The van der Waals surface area contributed by atoms with Crippen molar-refractivity contribution in [1.82, 2.24) is 0 Å². The molecule has 0 aliphatic carbocycles. The zero-order valence-electron chi connectivity index (χ0n) is 13.9. The van der Waals surface area contributed by atoms with E-state index in [-0.39, 0.29) is 11.0 Å². The van der Waals surface area contributed by atoms with Crippen LogP contribution in [0.25, 0.3) is 33.3 Å². The molecule has 3 nitrogen and oxygen atoms in total. The van der Waals surface area contributed by atoms with Crippen LogP contribution in [-0.2, 0) is 5.41 Å². The topological polar surface area (TPSA) is 43.4 Å². The van der Waals surface area contributed by atoms with Gasteiger partial charge in [-0.1, -0.05) is 57.2 Å². The average molecular weight is 318 g/mol. The van der Waals surface area contributed by atoms with Crippen LogP contribution in [0.3, 0.4) is 0 Å². The van der Waals surface area contributed by atoms with Gasteiger partial charge in [0.1, 0.15) is 16.7 Å². The van der Waals surface area contributed by atoms with Gasteiger partial charge in [-0.2, -0.15) is 0 Å². The van der Waals surface area contributed by atoms with Gasteiger partial charge in [-0.05, 0) is 29.2 Å². The Morgan fingerprint density at radius 3 is 2.25 bits per heavy atom. The van der Waals surface area contributed by atoms with E-state index in [1.54, 1.807) is 12.1 Å². The van der Waals surface area contributed by atoms with E-state index in [0.717, 1.165) is 10.9 Å². The molecule has 0 unspecified atom stereocenters. The van der Waals surface area contributed by atoms with Crippen LogP contribution in [0.15, 0.2) is 68.2 Å². The second-order valence-corrected chi connectivity index (χ2v) is 7.07. The summed E-state index contributed by atoms with van der Waals surface area (Å²) >= 11 is 0. The van der Waals surface area contributed by atoms with Crippen molar-refractivity contribution in [2.45, 2.75) is 26.2 Å². The third-order valence-corrected chi connectivity index (χ3v) is 4.32. The monoisotopic (exact) mass is 318 g/mol. The quantitative estimate of drug-likeness (QED) is 0.435. The summed E-state index contributed by atoms with van der Waals surface area (Å²) in [6, 6.07) is 17.4. The number of rotatable bonds is 1. The van der Waals surface area contributed by atoms with E-state index in [0.29, 0.717) is 22.3 Å². The molecule has 0 saturated heterocycles. The predicted octanol–water partition coefficient (Wildman–Crippen LogP) is 5.50. The van der Waals surface area contributed by atoms with Gasteiger partial charge in [0.25, 0.3) is 0 Å². The van der Waals surface area contributed by atoms with E-state index in [1.165, 1.54) is 5.56 Å². The van der Waals surface area contributed by atoms with Crippen LogP contribution in [0, 0.1) is 0 Å². The Kier molecular flexibility index (Phi) is 3.14. The molecule has 0 bridgehead atoms. The fourth-order valence-corrected chi connectivity index (χ4v) is 2.92. The van der Waals surface area contributed by atoms with Crippen molar-refractivity contribution in [1.29, 1.82) is 0 Å². The van der Waals surface area contributed by atoms with Gasteiger partial charge >= 0.3 is 5.63 Å². The fourth-order valence-electron chi connectivity index (χ4n) is 2.92. The Labute approximate surface area is 139 Å². The maximum absolute atomic E-state index is 12.2. The van der Waals surface area contributed by atoms with Crippen molar-refractivity contribution < 1.29 is 8.83 Å². The number of fused-ring (bicyclic) bond motifs is 3. The second kappa shape index (κ2) is 5.10. The lowest BCUT2D eigenvalue weighted by Crippen LogP contribution is -2.10. The van der Waals surface area contributed by atoms with E-state index in [9.17, 15) is 4.79 Å². The lowest BCUT2D eigenvalue weighted by Gasteiger charge is -2.18. The van der Waals surface area contributed by atoms with Crippen LogP contribution in [0.2, 0.25) is 0 Å². The van der Waals surface area contributed by atoms with E-state index in [4.69, 9.17) is 8.83 Å². The summed E-state index contributed by atoms with van der Waals surface area (Å²) < 4.78 is 11.4. The van der Waals surface area contributed by atoms with Crippen LogP contribution in [0.5, 0.6) is 0 Å². The van der Waals surface area contributed by atoms with Crippen molar-refractivity contribution in [3.05, 3.63) is 70.6 Å². The maximum Gasteiger partial charge on any atom is 0.347 e. The Morgan fingerprint density at radius 1 is 0.833 bits per heavy atom. The molecule has 0 fully saturated rings. The van der Waals surface area contributed by atoms with Gasteiger partial charge in [-0.25, -0.2) is 4.79 Å². The summed E-state index contributed by atoms with van der Waals surface area (Å²) in [4.78, 5) is 12.2.